The second-order valence-electron chi connectivity index (χ2n) is 8.00. The summed E-state index contributed by atoms with van der Waals surface area (Å²) in [5, 5.41) is 11.2. The molecule has 0 radical (unpaired) electrons. The Kier molecular flexibility index (Phi) is 4.34. The molecule has 0 fully saturated rings. The van der Waals surface area contributed by atoms with Gasteiger partial charge in [0.2, 0.25) is 0 Å². The van der Waals surface area contributed by atoms with Crippen molar-refractivity contribution in [2.45, 2.75) is 45.4 Å². The average molecular weight is 408 g/mol. The molecule has 30 heavy (non-hydrogen) atoms. The summed E-state index contributed by atoms with van der Waals surface area (Å²) in [5.74, 6) is -0.277. The minimum Gasteiger partial charge on any atom is -0.381 e. The maximum atomic E-state index is 14.5. The van der Waals surface area contributed by atoms with Crippen LogP contribution in [-0.2, 0) is 35.5 Å². The molecule has 0 bridgehead atoms. The predicted molar refractivity (Wildman–Crippen MR) is 109 cm³/mol. The number of methoxy groups -OCH3 is 1. The second kappa shape index (κ2) is 6.82. The first-order valence-electron chi connectivity index (χ1n) is 9.99. The monoisotopic (exact) mass is 408 g/mol. The molecule has 1 atom stereocenters. The lowest BCUT2D eigenvalue weighted by molar-refractivity contribution is -0.115. The molecule has 1 N–H and O–H groups in total. The molecular formula is C23H21FN2O4. The largest absolute Gasteiger partial charge is 0.381 e. The van der Waals surface area contributed by atoms with E-state index in [0.29, 0.717) is 35.3 Å². The molecule has 0 spiro atoms. The van der Waals surface area contributed by atoms with Crippen LogP contribution in [0.25, 0.3) is 22.3 Å². The first-order valence-corrected chi connectivity index (χ1v) is 9.99. The fraction of sp³-hybridized carbons (Fsp3) is 0.348. The van der Waals surface area contributed by atoms with Crippen LogP contribution in [0.2, 0.25) is 0 Å². The van der Waals surface area contributed by atoms with Gasteiger partial charge in [-0.15, -0.1) is 0 Å². The molecule has 2 aliphatic rings. The molecule has 5 rings (SSSR count). The van der Waals surface area contributed by atoms with E-state index in [4.69, 9.17) is 9.72 Å². The fourth-order valence-corrected chi connectivity index (χ4v) is 4.95. The molecule has 0 saturated carbocycles. The van der Waals surface area contributed by atoms with Crippen molar-refractivity contribution in [1.29, 1.82) is 0 Å². The van der Waals surface area contributed by atoms with E-state index in [1.807, 2.05) is 0 Å². The first kappa shape index (κ1) is 19.1. The standard InChI is InChI=1S/C23H21FN2O4/c1-11-12-4-3-5-13-15-8-26-19(22(15)25-18(21(12)13)7-17(11)24)6-14(20(28)9-27)16(10-30-2)23(26)29/h6-7,9,20,28H,3-5,8,10H2,1-2H3/t20-/m1/s1. The van der Waals surface area contributed by atoms with Crippen LogP contribution < -0.4 is 5.56 Å². The normalized spacial score (nSPS) is 15.2. The van der Waals surface area contributed by atoms with E-state index >= 15 is 0 Å². The number of aldehydes is 1. The van der Waals surface area contributed by atoms with Gasteiger partial charge in [0.15, 0.2) is 6.29 Å². The maximum Gasteiger partial charge on any atom is 0.257 e. The Bertz CT molecular complexity index is 1300. The highest BCUT2D eigenvalue weighted by atomic mass is 19.1. The SMILES string of the molecule is COCc1c([C@H](O)C=O)cc2n(c1=O)Cc1c-2nc2cc(F)c(C)c3c2c1CCC3. The van der Waals surface area contributed by atoms with Gasteiger partial charge in [0.1, 0.15) is 11.9 Å². The molecule has 1 aliphatic heterocycles. The summed E-state index contributed by atoms with van der Waals surface area (Å²) in [7, 11) is 1.46. The van der Waals surface area contributed by atoms with Crippen molar-refractivity contribution < 1.29 is 19.0 Å². The van der Waals surface area contributed by atoms with Gasteiger partial charge in [0.05, 0.1) is 30.1 Å². The highest BCUT2D eigenvalue weighted by Crippen LogP contribution is 2.41. The van der Waals surface area contributed by atoms with E-state index in [-0.39, 0.29) is 29.1 Å². The molecule has 3 heterocycles. The molecule has 0 unspecified atom stereocenters. The van der Waals surface area contributed by atoms with Crippen molar-refractivity contribution in [3.63, 3.8) is 0 Å². The Morgan fingerprint density at radius 3 is 2.80 bits per heavy atom. The van der Waals surface area contributed by atoms with Gasteiger partial charge in [0.25, 0.3) is 5.56 Å². The van der Waals surface area contributed by atoms with Gasteiger partial charge in [-0.2, -0.15) is 0 Å². The third-order valence-electron chi connectivity index (χ3n) is 6.40. The number of aliphatic hydroxyl groups excluding tert-OH is 1. The van der Waals surface area contributed by atoms with Gasteiger partial charge in [-0.3, -0.25) is 4.79 Å². The van der Waals surface area contributed by atoms with Gasteiger partial charge >= 0.3 is 0 Å². The van der Waals surface area contributed by atoms with E-state index in [0.717, 1.165) is 41.3 Å². The lowest BCUT2D eigenvalue weighted by Crippen LogP contribution is -2.26. The van der Waals surface area contributed by atoms with E-state index in [1.54, 1.807) is 17.6 Å². The van der Waals surface area contributed by atoms with Gasteiger partial charge in [-0.05, 0) is 48.9 Å². The molecule has 1 aromatic carbocycles. The Morgan fingerprint density at radius 1 is 1.30 bits per heavy atom. The number of benzene rings is 1. The number of hydrogen-bond acceptors (Lipinski definition) is 5. The van der Waals surface area contributed by atoms with Crippen LogP contribution in [0.5, 0.6) is 0 Å². The second-order valence-corrected chi connectivity index (χ2v) is 8.00. The van der Waals surface area contributed by atoms with Gasteiger partial charge in [0, 0.05) is 35.3 Å². The summed E-state index contributed by atoms with van der Waals surface area (Å²) in [6.45, 7) is 2.16. The highest BCUT2D eigenvalue weighted by Gasteiger charge is 2.31. The molecule has 2 aromatic heterocycles. The minimum atomic E-state index is -1.43. The van der Waals surface area contributed by atoms with Crippen LogP contribution in [0, 0.1) is 12.7 Å². The molecular weight excluding hydrogens is 387 g/mol. The number of pyridine rings is 2. The first-order chi connectivity index (χ1) is 14.5. The summed E-state index contributed by atoms with van der Waals surface area (Å²) in [6.07, 6.45) is 1.54. The van der Waals surface area contributed by atoms with Crippen LogP contribution in [0.4, 0.5) is 4.39 Å². The highest BCUT2D eigenvalue weighted by molar-refractivity contribution is 5.92. The smallest absolute Gasteiger partial charge is 0.257 e. The van der Waals surface area contributed by atoms with Crippen molar-refractivity contribution >= 4 is 17.2 Å². The number of carbonyl (C=O) groups is 1. The number of ether oxygens (including phenoxy) is 1. The Balaban J connectivity index is 1.84. The topological polar surface area (TPSA) is 81.4 Å². The van der Waals surface area contributed by atoms with Crippen LogP contribution >= 0.6 is 0 Å². The summed E-state index contributed by atoms with van der Waals surface area (Å²) in [5.41, 5.74) is 5.67. The number of rotatable bonds is 4. The number of aromatic nitrogens is 2. The minimum absolute atomic E-state index is 0.00743. The van der Waals surface area contributed by atoms with Gasteiger partial charge < -0.3 is 19.2 Å². The molecule has 1 aliphatic carbocycles. The Morgan fingerprint density at radius 2 is 2.07 bits per heavy atom. The van der Waals surface area contributed by atoms with Crippen LogP contribution in [0.1, 0.15) is 45.9 Å². The van der Waals surface area contributed by atoms with Crippen molar-refractivity contribution in [2.24, 2.45) is 0 Å². The zero-order chi connectivity index (χ0) is 21.2. The van der Waals surface area contributed by atoms with Gasteiger partial charge in [-0.25, -0.2) is 9.37 Å². The zero-order valence-corrected chi connectivity index (χ0v) is 16.8. The molecule has 0 saturated heterocycles. The number of aliphatic hydroxyl groups is 1. The van der Waals surface area contributed by atoms with Crippen molar-refractivity contribution in [1.82, 2.24) is 9.55 Å². The molecule has 6 nitrogen and oxygen atoms in total. The van der Waals surface area contributed by atoms with Crippen LogP contribution in [-0.4, -0.2) is 28.1 Å². The van der Waals surface area contributed by atoms with Crippen molar-refractivity contribution in [2.75, 3.05) is 7.11 Å². The summed E-state index contributed by atoms with van der Waals surface area (Å²) >= 11 is 0. The number of aryl methyl sites for hydroxylation is 2. The number of hydrogen-bond donors (Lipinski definition) is 1. The molecule has 7 heteroatoms. The predicted octanol–water partition coefficient (Wildman–Crippen LogP) is 2.74. The van der Waals surface area contributed by atoms with Crippen LogP contribution in [0.15, 0.2) is 16.9 Å². The summed E-state index contributed by atoms with van der Waals surface area (Å²) in [4.78, 5) is 29.2. The molecule has 154 valence electrons. The average Bonchev–Trinajstić information content (AvgIpc) is 3.12. The fourth-order valence-electron chi connectivity index (χ4n) is 4.95. The molecule has 0 amide bonds. The van der Waals surface area contributed by atoms with Crippen molar-refractivity contribution in [3.05, 3.63) is 61.7 Å². The van der Waals surface area contributed by atoms with E-state index in [1.165, 1.54) is 13.2 Å². The van der Waals surface area contributed by atoms with Gasteiger partial charge in [-0.1, -0.05) is 0 Å². The Labute approximate surface area is 171 Å². The third kappa shape index (κ3) is 2.52. The number of nitrogens with zero attached hydrogens (tertiary/aromatic N) is 2. The van der Waals surface area contributed by atoms with Crippen molar-refractivity contribution in [3.8, 4) is 11.4 Å². The molecule has 3 aromatic rings. The van der Waals surface area contributed by atoms with E-state index in [9.17, 15) is 19.1 Å². The van der Waals surface area contributed by atoms with Crippen LogP contribution in [0.3, 0.4) is 0 Å². The lowest BCUT2D eigenvalue weighted by Gasteiger charge is -2.21. The summed E-state index contributed by atoms with van der Waals surface area (Å²) in [6, 6.07) is 3.10. The number of fused-ring (bicyclic) bond motifs is 4. The summed E-state index contributed by atoms with van der Waals surface area (Å²) < 4.78 is 21.3. The number of carbonyl (C=O) groups excluding carboxylic acids is 1. The number of halogens is 1. The lowest BCUT2D eigenvalue weighted by atomic mass is 9.85. The quantitative estimate of drug-likeness (QED) is 0.525. The third-order valence-corrected chi connectivity index (χ3v) is 6.40. The maximum absolute atomic E-state index is 14.5. The van der Waals surface area contributed by atoms with E-state index < -0.39 is 6.10 Å². The Hall–Kier alpha value is -2.90. The zero-order valence-electron chi connectivity index (χ0n) is 16.8. The van der Waals surface area contributed by atoms with E-state index in [2.05, 4.69) is 0 Å².